The van der Waals surface area contributed by atoms with Crippen LogP contribution in [-0.2, 0) is 25.7 Å². The lowest BCUT2D eigenvalue weighted by Gasteiger charge is -2.23. The summed E-state index contributed by atoms with van der Waals surface area (Å²) in [5.74, 6) is 4.45. The number of hydrogen-bond acceptors (Lipinski definition) is 7. The highest BCUT2D eigenvalue weighted by molar-refractivity contribution is 5.94. The maximum Gasteiger partial charge on any atom is 0.307 e. The normalized spacial score (nSPS) is 13.4. The quantitative estimate of drug-likeness (QED) is 0.133. The molecular formula is C18H28N6O4. The highest BCUT2D eigenvalue weighted by atomic mass is 16.5. The van der Waals surface area contributed by atoms with Crippen molar-refractivity contribution in [1.82, 2.24) is 5.32 Å². The first-order chi connectivity index (χ1) is 13.3. The lowest BCUT2D eigenvalue weighted by atomic mass is 10.1. The smallest absolute Gasteiger partial charge is 0.307 e. The minimum absolute atomic E-state index is 0.0496. The number of nitrogens with one attached hydrogen (secondary N) is 1. The van der Waals surface area contributed by atoms with Crippen LogP contribution in [0, 0.1) is 0 Å². The maximum atomic E-state index is 12.3. The number of benzene rings is 1. The molecule has 0 heterocycles. The number of aliphatic imine (C=N–C) groups is 1. The molecular weight excluding hydrogens is 364 g/mol. The topological polar surface area (TPSA) is 154 Å². The second-order valence-electron chi connectivity index (χ2n) is 6.53. The van der Waals surface area contributed by atoms with Gasteiger partial charge in [0.2, 0.25) is 5.91 Å². The van der Waals surface area contributed by atoms with E-state index in [0.717, 1.165) is 5.56 Å². The first kappa shape index (κ1) is 23.2. The van der Waals surface area contributed by atoms with E-state index in [-0.39, 0.29) is 25.4 Å². The fourth-order valence-corrected chi connectivity index (χ4v) is 2.03. The molecule has 0 unspecified atom stereocenters. The molecule has 1 atom stereocenters. The van der Waals surface area contributed by atoms with Gasteiger partial charge in [0, 0.05) is 0 Å². The number of amidine groups is 1. The monoisotopic (exact) mass is 392 g/mol. The van der Waals surface area contributed by atoms with Crippen molar-refractivity contribution in [3.63, 3.8) is 0 Å². The fraction of sp³-hybridized carbons (Fsp3) is 0.500. The molecule has 0 spiro atoms. The van der Waals surface area contributed by atoms with Gasteiger partial charge in [0.15, 0.2) is 5.84 Å². The van der Waals surface area contributed by atoms with Crippen molar-refractivity contribution >= 4 is 17.7 Å². The summed E-state index contributed by atoms with van der Waals surface area (Å²) in [5, 5.41) is 9.76. The van der Waals surface area contributed by atoms with Gasteiger partial charge in [-0.15, -0.1) is 5.11 Å². The third-order valence-corrected chi connectivity index (χ3v) is 3.58. The summed E-state index contributed by atoms with van der Waals surface area (Å²) in [7, 11) is 1.29. The molecule has 5 N–H and O–H groups in total. The summed E-state index contributed by atoms with van der Waals surface area (Å²) < 4.78 is 10.3. The Kier molecular flexibility index (Phi) is 9.75. The zero-order valence-electron chi connectivity index (χ0n) is 16.4. The van der Waals surface area contributed by atoms with Crippen LogP contribution in [0.1, 0.15) is 25.8 Å². The number of nitrogens with two attached hydrogens (primary N) is 2. The Labute approximate surface area is 164 Å². The van der Waals surface area contributed by atoms with Gasteiger partial charge in [-0.2, -0.15) is 0 Å². The number of methoxy groups -OCH3 is 1. The second kappa shape index (κ2) is 11.8. The molecule has 0 aliphatic carbocycles. The van der Waals surface area contributed by atoms with Crippen molar-refractivity contribution in [1.29, 1.82) is 0 Å². The number of rotatable bonds is 10. The van der Waals surface area contributed by atoms with Gasteiger partial charge in [-0.05, 0) is 19.4 Å². The number of hydrogen-bond donors (Lipinski definition) is 3. The average molecular weight is 392 g/mol. The number of amides is 1. The van der Waals surface area contributed by atoms with E-state index in [0.29, 0.717) is 6.61 Å². The zero-order valence-corrected chi connectivity index (χ0v) is 16.4. The second-order valence-corrected chi connectivity index (χ2v) is 6.53. The Hall–Kier alpha value is -2.85. The van der Waals surface area contributed by atoms with Crippen molar-refractivity contribution < 1.29 is 19.1 Å². The molecule has 28 heavy (non-hydrogen) atoms. The third-order valence-electron chi connectivity index (χ3n) is 3.58. The number of carbonyl (C=O) groups excluding carboxylic acids is 2. The Morgan fingerprint density at radius 3 is 2.50 bits per heavy atom. The van der Waals surface area contributed by atoms with Gasteiger partial charge in [0.25, 0.3) is 0 Å². The van der Waals surface area contributed by atoms with Crippen LogP contribution >= 0.6 is 0 Å². The molecule has 10 heteroatoms. The van der Waals surface area contributed by atoms with E-state index in [1.54, 1.807) is 13.8 Å². The van der Waals surface area contributed by atoms with Gasteiger partial charge in [-0.25, -0.2) is 0 Å². The van der Waals surface area contributed by atoms with Crippen LogP contribution in [0.3, 0.4) is 0 Å². The molecule has 10 nitrogen and oxygen atoms in total. The molecule has 0 aliphatic rings. The SMILES string of the molecule is COC(=O)CCN=C(N=NN)[C@@H](COCc1ccccc1)NC(=O)C(C)(C)N. The molecule has 0 radical (unpaired) electrons. The van der Waals surface area contributed by atoms with Crippen LogP contribution in [0.4, 0.5) is 0 Å². The summed E-state index contributed by atoms with van der Waals surface area (Å²) in [5.41, 5.74) is 5.70. The van der Waals surface area contributed by atoms with E-state index < -0.39 is 23.5 Å². The Morgan fingerprint density at radius 1 is 1.25 bits per heavy atom. The molecule has 1 rings (SSSR count). The van der Waals surface area contributed by atoms with Crippen LogP contribution in [0.2, 0.25) is 0 Å². The first-order valence-corrected chi connectivity index (χ1v) is 8.71. The molecule has 0 fully saturated rings. The van der Waals surface area contributed by atoms with Crippen molar-refractivity contribution in [2.45, 2.75) is 38.5 Å². The van der Waals surface area contributed by atoms with E-state index in [9.17, 15) is 9.59 Å². The largest absolute Gasteiger partial charge is 0.469 e. The van der Waals surface area contributed by atoms with Crippen LogP contribution in [0.25, 0.3) is 0 Å². The maximum absolute atomic E-state index is 12.3. The van der Waals surface area contributed by atoms with Gasteiger partial charge in [0.05, 0.1) is 38.8 Å². The standard InChI is InChI=1S/C18H28N6O4/c1-18(2,19)17(26)22-14(12-28-11-13-7-5-4-6-8-13)16(23-24-20)21-10-9-15(25)27-3/h4-8,14H,9-12,19H2,1-3H3,(H,22,26)(H2,20,21,23)/t14-/m1/s1. The van der Waals surface area contributed by atoms with Crippen LogP contribution in [0.15, 0.2) is 45.7 Å². The number of ether oxygens (including phenoxy) is 2. The van der Waals surface area contributed by atoms with Crippen molar-refractivity contribution in [2.24, 2.45) is 26.9 Å². The average Bonchev–Trinajstić information content (AvgIpc) is 2.66. The van der Waals surface area contributed by atoms with E-state index in [2.05, 4.69) is 25.4 Å². The number of esters is 1. The van der Waals surface area contributed by atoms with Crippen LogP contribution in [0.5, 0.6) is 0 Å². The molecule has 0 aliphatic heterocycles. The van der Waals surface area contributed by atoms with E-state index in [1.165, 1.54) is 7.11 Å². The predicted octanol–water partition coefficient (Wildman–Crippen LogP) is 0.713. The fourth-order valence-electron chi connectivity index (χ4n) is 2.03. The van der Waals surface area contributed by atoms with E-state index in [4.69, 9.17) is 16.3 Å². The van der Waals surface area contributed by atoms with Gasteiger partial charge < -0.3 is 26.4 Å². The summed E-state index contributed by atoms with van der Waals surface area (Å²) in [6.07, 6.45) is 0.0496. The molecule has 1 aromatic carbocycles. The number of carbonyl (C=O) groups is 2. The lowest BCUT2D eigenvalue weighted by molar-refractivity contribution is -0.140. The summed E-state index contributed by atoms with van der Waals surface area (Å²) >= 11 is 0. The lowest BCUT2D eigenvalue weighted by Crippen LogP contribution is -2.55. The molecule has 0 saturated heterocycles. The van der Waals surface area contributed by atoms with E-state index >= 15 is 0 Å². The highest BCUT2D eigenvalue weighted by Crippen LogP contribution is 2.05. The first-order valence-electron chi connectivity index (χ1n) is 8.71. The van der Waals surface area contributed by atoms with E-state index in [1.807, 2.05) is 30.3 Å². The van der Waals surface area contributed by atoms with Crippen molar-refractivity contribution in [2.75, 3.05) is 20.3 Å². The Morgan fingerprint density at radius 2 is 1.93 bits per heavy atom. The molecule has 0 saturated carbocycles. The molecule has 154 valence electrons. The van der Waals surface area contributed by atoms with Crippen LogP contribution < -0.4 is 16.9 Å². The minimum atomic E-state index is -1.12. The predicted molar refractivity (Wildman–Crippen MR) is 104 cm³/mol. The Balaban J connectivity index is 2.89. The zero-order chi connectivity index (χ0) is 21.0. The van der Waals surface area contributed by atoms with Gasteiger partial charge in [0.1, 0.15) is 6.04 Å². The van der Waals surface area contributed by atoms with Gasteiger partial charge in [-0.1, -0.05) is 35.6 Å². The highest BCUT2D eigenvalue weighted by Gasteiger charge is 2.27. The van der Waals surface area contributed by atoms with Gasteiger partial charge in [-0.3, -0.25) is 14.6 Å². The molecule has 1 aromatic rings. The van der Waals surface area contributed by atoms with Crippen molar-refractivity contribution in [3.05, 3.63) is 35.9 Å². The van der Waals surface area contributed by atoms with Crippen molar-refractivity contribution in [3.8, 4) is 0 Å². The van der Waals surface area contributed by atoms with Gasteiger partial charge >= 0.3 is 5.97 Å². The molecule has 0 aromatic heterocycles. The summed E-state index contributed by atoms with van der Waals surface area (Å²) in [6.45, 7) is 3.63. The summed E-state index contributed by atoms with van der Waals surface area (Å²) in [4.78, 5) is 27.8. The third kappa shape index (κ3) is 8.69. The van der Waals surface area contributed by atoms with Crippen LogP contribution in [-0.4, -0.2) is 49.6 Å². The molecule has 0 bridgehead atoms. The number of nitrogens with zero attached hydrogens (tertiary/aromatic N) is 3. The molecule has 1 amide bonds. The minimum Gasteiger partial charge on any atom is -0.469 e. The Bertz CT molecular complexity index is 685. The summed E-state index contributed by atoms with van der Waals surface area (Å²) in [6, 6.07) is 8.80.